The molecule has 0 amide bonds. The molecule has 99 heavy (non-hydrogen) atoms. The van der Waals surface area contributed by atoms with E-state index in [-0.39, 0.29) is 38.2 Å². The van der Waals surface area contributed by atoms with Gasteiger partial charge in [-0.15, -0.1) is 0 Å². The number of carbonyl (C=O) groups is 3. The number of ether oxygens (including phenoxy) is 4. The molecule has 0 rings (SSSR count). The van der Waals surface area contributed by atoms with E-state index >= 15 is 0 Å². The molecule has 0 radical (unpaired) electrons. The van der Waals surface area contributed by atoms with Crippen molar-refractivity contribution in [3.8, 4) is 0 Å². The number of esters is 2. The van der Waals surface area contributed by atoms with Gasteiger partial charge in [-0.2, -0.15) is 0 Å². The van der Waals surface area contributed by atoms with E-state index in [1.807, 2.05) is 21.1 Å². The van der Waals surface area contributed by atoms with Crippen molar-refractivity contribution < 1.29 is 42.9 Å². The second kappa shape index (κ2) is 79.6. The zero-order valence-corrected chi connectivity index (χ0v) is 65.6. The van der Waals surface area contributed by atoms with E-state index in [4.69, 9.17) is 18.9 Å². The normalized spacial score (nSPS) is 13.2. The first kappa shape index (κ1) is 94.9. The maximum Gasteiger partial charge on any atom is 0.361 e. The highest BCUT2D eigenvalue weighted by atomic mass is 16.7. The summed E-state index contributed by atoms with van der Waals surface area (Å²) in [6.07, 6.45) is 110. The molecule has 0 saturated carbocycles. The molecule has 0 aromatic rings. The Morgan fingerprint density at radius 1 is 0.313 bits per heavy atom. The van der Waals surface area contributed by atoms with Crippen LogP contribution >= 0.6 is 0 Å². The summed E-state index contributed by atoms with van der Waals surface area (Å²) in [6, 6.07) is 0. The standard InChI is InChI=1S/C90H159NO8/c1-6-8-10-12-14-16-18-20-22-24-26-28-30-32-34-36-38-40-41-42-43-44-45-46-47-49-51-53-55-57-59-61-63-65-67-69-71-73-75-77-79-81-88(93)99-86(85-98-90(89(94)95)96-83-82-91(3,4)5)84-97-87(92)80-78-76-74-72-70-68-66-64-62-60-58-56-54-52-50-48-39-37-35-33-31-29-27-25-23-21-19-17-15-13-11-9-7-2/h8,10,14,16,20,22,25-28,32,34,38,40,42-43,45-46,86,90H,6-7,9,11-13,15,17-19,21,23-24,29-31,33,35-37,39,41,44,47-85H2,1-5H3/p+1/b10-8-,16-14-,22-20-,27-25-,28-26-,34-32-,40-38-,43-42-,46-45-. The minimum absolute atomic E-state index is 0.181. The Morgan fingerprint density at radius 3 is 0.869 bits per heavy atom. The number of nitrogens with zero attached hydrogens (tertiary/aromatic N) is 1. The molecule has 0 aliphatic carbocycles. The highest BCUT2D eigenvalue weighted by Crippen LogP contribution is 2.19. The van der Waals surface area contributed by atoms with Crippen molar-refractivity contribution in [3.63, 3.8) is 0 Å². The van der Waals surface area contributed by atoms with Gasteiger partial charge in [0.2, 0.25) is 0 Å². The van der Waals surface area contributed by atoms with E-state index in [9.17, 15) is 19.5 Å². The van der Waals surface area contributed by atoms with Gasteiger partial charge >= 0.3 is 17.9 Å². The van der Waals surface area contributed by atoms with E-state index in [0.717, 1.165) is 89.9 Å². The Morgan fingerprint density at radius 2 is 0.576 bits per heavy atom. The molecule has 0 aromatic carbocycles. The number of quaternary nitrogens is 1. The van der Waals surface area contributed by atoms with Gasteiger partial charge in [0, 0.05) is 12.8 Å². The van der Waals surface area contributed by atoms with Gasteiger partial charge in [0.15, 0.2) is 6.10 Å². The van der Waals surface area contributed by atoms with Crippen LogP contribution in [0, 0.1) is 0 Å². The molecule has 0 aliphatic rings. The molecular formula is C90H160NO8+. The fourth-order valence-electron chi connectivity index (χ4n) is 12.1. The molecule has 2 atom stereocenters. The SMILES string of the molecule is CC/C=C\C/C=C\C/C=C\C/C=C\C/C=C\C/C=C\C/C=C\C/C=C\CCCCCCCCCCCCCCCCCCC(=O)OC(COC(=O)CCCCCCCCCCCCCCCCCCCCCCC/C=C\CCCCCCCCCC)COC(OCC[N+](C)(C)C)C(=O)O. The van der Waals surface area contributed by atoms with E-state index < -0.39 is 18.4 Å². The third kappa shape index (κ3) is 81.1. The van der Waals surface area contributed by atoms with Crippen molar-refractivity contribution in [2.24, 2.45) is 0 Å². The summed E-state index contributed by atoms with van der Waals surface area (Å²) in [5, 5.41) is 9.78. The molecule has 0 fully saturated rings. The Bertz CT molecular complexity index is 2000. The van der Waals surface area contributed by atoms with Gasteiger partial charge in [0.25, 0.3) is 6.29 Å². The van der Waals surface area contributed by atoms with Gasteiger partial charge in [-0.1, -0.05) is 380 Å². The van der Waals surface area contributed by atoms with Crippen LogP contribution in [0.4, 0.5) is 0 Å². The molecule has 9 heteroatoms. The second-order valence-electron chi connectivity index (χ2n) is 29.4. The van der Waals surface area contributed by atoms with Crippen molar-refractivity contribution in [1.29, 1.82) is 0 Å². The van der Waals surface area contributed by atoms with Gasteiger partial charge in [-0.05, 0) is 103 Å². The lowest BCUT2D eigenvalue weighted by molar-refractivity contribution is -0.870. The maximum absolute atomic E-state index is 13.0. The van der Waals surface area contributed by atoms with Crippen LogP contribution in [0.5, 0.6) is 0 Å². The lowest BCUT2D eigenvalue weighted by Gasteiger charge is -2.25. The third-order valence-electron chi connectivity index (χ3n) is 18.5. The molecule has 2 unspecified atom stereocenters. The van der Waals surface area contributed by atoms with E-state index in [1.165, 1.54) is 270 Å². The number of unbranched alkanes of at least 4 members (excludes halogenated alkanes) is 45. The fraction of sp³-hybridized carbons (Fsp3) is 0.767. The number of carbonyl (C=O) groups excluding carboxylic acids is 2. The summed E-state index contributed by atoms with van der Waals surface area (Å²) in [5.41, 5.74) is 0. The Kier molecular flexibility index (Phi) is 76.4. The van der Waals surface area contributed by atoms with Gasteiger partial charge in [-0.25, -0.2) is 4.79 Å². The van der Waals surface area contributed by atoms with Gasteiger partial charge in [0.1, 0.15) is 13.2 Å². The highest BCUT2D eigenvalue weighted by molar-refractivity contribution is 5.71. The number of hydrogen-bond donors (Lipinski definition) is 1. The van der Waals surface area contributed by atoms with Crippen LogP contribution in [-0.4, -0.2) is 87.4 Å². The summed E-state index contributed by atoms with van der Waals surface area (Å²) in [7, 11) is 5.99. The minimum Gasteiger partial charge on any atom is -0.477 e. The van der Waals surface area contributed by atoms with Gasteiger partial charge < -0.3 is 28.5 Å². The van der Waals surface area contributed by atoms with Crippen molar-refractivity contribution in [2.75, 3.05) is 47.5 Å². The molecule has 9 nitrogen and oxygen atoms in total. The van der Waals surface area contributed by atoms with Crippen molar-refractivity contribution in [3.05, 3.63) is 109 Å². The molecule has 0 aliphatic heterocycles. The summed E-state index contributed by atoms with van der Waals surface area (Å²) < 4.78 is 23.1. The first-order valence-corrected chi connectivity index (χ1v) is 42.1. The average Bonchev–Trinajstić information content (AvgIpc) is 2.62. The van der Waals surface area contributed by atoms with Crippen LogP contribution in [0.25, 0.3) is 0 Å². The molecule has 0 heterocycles. The van der Waals surface area contributed by atoms with E-state index in [1.54, 1.807) is 0 Å². The maximum atomic E-state index is 13.0. The molecule has 572 valence electrons. The summed E-state index contributed by atoms with van der Waals surface area (Å²) in [5.74, 6) is -1.98. The predicted molar refractivity (Wildman–Crippen MR) is 428 cm³/mol. The number of rotatable bonds is 78. The van der Waals surface area contributed by atoms with Crippen LogP contribution in [0.2, 0.25) is 0 Å². The van der Waals surface area contributed by atoms with E-state index in [2.05, 4.69) is 123 Å². The van der Waals surface area contributed by atoms with Crippen LogP contribution in [0.1, 0.15) is 386 Å². The number of hydrogen-bond acceptors (Lipinski definition) is 7. The molecule has 0 spiro atoms. The Labute approximate surface area is 613 Å². The number of carboxylic acid groups (broad SMARTS) is 1. The second-order valence-corrected chi connectivity index (χ2v) is 29.4. The lowest BCUT2D eigenvalue weighted by atomic mass is 10.0. The van der Waals surface area contributed by atoms with Gasteiger partial charge in [0.05, 0.1) is 34.4 Å². The number of allylic oxidation sites excluding steroid dienone is 18. The highest BCUT2D eigenvalue weighted by Gasteiger charge is 2.25. The quantitative estimate of drug-likeness (QED) is 0.0211. The number of aliphatic carboxylic acids is 1. The largest absolute Gasteiger partial charge is 0.477 e. The predicted octanol–water partition coefficient (Wildman–Crippen LogP) is 27.3. The summed E-state index contributed by atoms with van der Waals surface area (Å²) >= 11 is 0. The first-order valence-electron chi connectivity index (χ1n) is 42.1. The van der Waals surface area contributed by atoms with Crippen molar-refractivity contribution in [2.45, 2.75) is 399 Å². The van der Waals surface area contributed by atoms with Gasteiger partial charge in [-0.3, -0.25) is 9.59 Å². The number of carboxylic acids is 1. The Balaban J connectivity index is 4.00. The van der Waals surface area contributed by atoms with Crippen LogP contribution < -0.4 is 0 Å². The minimum atomic E-state index is -1.51. The molecule has 0 bridgehead atoms. The van der Waals surface area contributed by atoms with Crippen LogP contribution in [-0.2, 0) is 33.3 Å². The van der Waals surface area contributed by atoms with Crippen LogP contribution in [0.3, 0.4) is 0 Å². The van der Waals surface area contributed by atoms with Crippen LogP contribution in [0.15, 0.2) is 109 Å². The third-order valence-corrected chi connectivity index (χ3v) is 18.5. The van der Waals surface area contributed by atoms with Crippen molar-refractivity contribution >= 4 is 17.9 Å². The molecular weight excluding hydrogens is 1220 g/mol. The molecule has 0 aromatic heterocycles. The summed E-state index contributed by atoms with van der Waals surface area (Å²) in [6.45, 7) is 4.81. The van der Waals surface area contributed by atoms with E-state index in [0.29, 0.717) is 17.4 Å². The zero-order chi connectivity index (χ0) is 71.8. The lowest BCUT2D eigenvalue weighted by Crippen LogP contribution is -2.40. The topological polar surface area (TPSA) is 108 Å². The van der Waals surface area contributed by atoms with Crippen molar-refractivity contribution in [1.82, 2.24) is 0 Å². The average molecular weight is 1380 g/mol. The molecule has 1 N–H and O–H groups in total. The first-order chi connectivity index (χ1) is 48.6. The molecule has 0 saturated heterocycles. The summed E-state index contributed by atoms with van der Waals surface area (Å²) in [4.78, 5) is 37.8. The zero-order valence-electron chi connectivity index (χ0n) is 65.6. The number of likely N-dealkylation sites (N-methyl/N-ethyl adjacent to an activating group) is 1. The Hall–Kier alpha value is -4.05. The monoisotopic (exact) mass is 1380 g/mol. The fourth-order valence-corrected chi connectivity index (χ4v) is 12.1. The smallest absolute Gasteiger partial charge is 0.361 e.